The van der Waals surface area contributed by atoms with Gasteiger partial charge in [-0.3, -0.25) is 9.78 Å². The third kappa shape index (κ3) is 5.02. The van der Waals surface area contributed by atoms with Crippen LogP contribution in [0.3, 0.4) is 0 Å². The first-order valence-corrected chi connectivity index (χ1v) is 12.5. The second kappa shape index (κ2) is 9.54. The summed E-state index contributed by atoms with van der Waals surface area (Å²) in [4.78, 5) is 19.4. The lowest BCUT2D eigenvalue weighted by atomic mass is 9.97. The summed E-state index contributed by atoms with van der Waals surface area (Å²) < 4.78 is 27.0. The van der Waals surface area contributed by atoms with Crippen molar-refractivity contribution in [2.24, 2.45) is 5.92 Å². The number of carbonyl (C=O) groups is 1. The van der Waals surface area contributed by atoms with Crippen LogP contribution in [0.2, 0.25) is 5.02 Å². The lowest BCUT2D eigenvalue weighted by molar-refractivity contribution is -0.120. The molecule has 0 spiro atoms. The summed E-state index contributed by atoms with van der Waals surface area (Å²) in [6.07, 6.45) is 7.36. The molecule has 2 aliphatic rings. The third-order valence-corrected chi connectivity index (χ3v) is 8.13. The number of sulfonamides is 1. The van der Waals surface area contributed by atoms with Crippen molar-refractivity contribution < 1.29 is 13.2 Å². The van der Waals surface area contributed by atoms with Crippen molar-refractivity contribution in [1.82, 2.24) is 9.29 Å². The number of halogens is 1. The van der Waals surface area contributed by atoms with E-state index in [1.807, 2.05) is 12.1 Å². The van der Waals surface area contributed by atoms with Crippen molar-refractivity contribution in [2.75, 3.05) is 36.4 Å². The van der Waals surface area contributed by atoms with E-state index in [0.29, 0.717) is 31.0 Å². The van der Waals surface area contributed by atoms with Gasteiger partial charge in [-0.1, -0.05) is 11.6 Å². The summed E-state index contributed by atoms with van der Waals surface area (Å²) >= 11 is 6.20. The van der Waals surface area contributed by atoms with E-state index in [-0.39, 0.29) is 16.7 Å². The normalized spacial score (nSPS) is 18.7. The standard InChI is InChI=1S/C22H27ClN4O3S/c23-18-6-7-21(26-11-2-1-3-12-26)20(15-18)25-22(28)17-8-13-27(14-9-17)31(29,30)19-5-4-10-24-16-19/h4-7,10,15-17H,1-3,8-9,11-14H2,(H,25,28). The summed E-state index contributed by atoms with van der Waals surface area (Å²) in [5.74, 6) is -0.326. The smallest absolute Gasteiger partial charge is 0.244 e. The molecule has 0 bridgehead atoms. The molecule has 7 nitrogen and oxygen atoms in total. The Morgan fingerprint density at radius 3 is 2.48 bits per heavy atom. The molecule has 9 heteroatoms. The molecule has 0 atom stereocenters. The first-order chi connectivity index (χ1) is 14.9. The van der Waals surface area contributed by atoms with E-state index in [4.69, 9.17) is 11.6 Å². The number of aromatic nitrogens is 1. The first-order valence-electron chi connectivity index (χ1n) is 10.7. The Balaban J connectivity index is 1.41. The molecule has 0 saturated carbocycles. The van der Waals surface area contributed by atoms with Crippen molar-refractivity contribution in [3.63, 3.8) is 0 Å². The highest BCUT2D eigenvalue weighted by atomic mass is 35.5. The number of benzene rings is 1. The second-order valence-corrected chi connectivity index (χ2v) is 10.4. The molecule has 2 aromatic rings. The molecule has 2 fully saturated rings. The van der Waals surface area contributed by atoms with Crippen LogP contribution in [0.1, 0.15) is 32.1 Å². The van der Waals surface area contributed by atoms with Gasteiger partial charge in [-0.2, -0.15) is 4.31 Å². The highest BCUT2D eigenvalue weighted by Gasteiger charge is 2.32. The average molecular weight is 463 g/mol. The summed E-state index contributed by atoms with van der Waals surface area (Å²) in [5.41, 5.74) is 1.72. The number of anilines is 2. The summed E-state index contributed by atoms with van der Waals surface area (Å²) in [6.45, 7) is 2.55. The molecular weight excluding hydrogens is 436 g/mol. The zero-order chi connectivity index (χ0) is 21.8. The number of carbonyl (C=O) groups excluding carboxylic acids is 1. The van der Waals surface area contributed by atoms with E-state index in [0.717, 1.165) is 37.3 Å². The van der Waals surface area contributed by atoms with Crippen LogP contribution in [0.25, 0.3) is 0 Å². The van der Waals surface area contributed by atoms with Crippen molar-refractivity contribution in [2.45, 2.75) is 37.0 Å². The highest BCUT2D eigenvalue weighted by molar-refractivity contribution is 7.89. The fourth-order valence-corrected chi connectivity index (χ4v) is 5.87. The molecule has 31 heavy (non-hydrogen) atoms. The quantitative estimate of drug-likeness (QED) is 0.731. The van der Waals surface area contributed by atoms with Crippen LogP contribution in [-0.2, 0) is 14.8 Å². The Morgan fingerprint density at radius 2 is 1.81 bits per heavy atom. The van der Waals surface area contributed by atoms with E-state index in [9.17, 15) is 13.2 Å². The van der Waals surface area contributed by atoms with Gasteiger partial charge in [0.05, 0.1) is 11.4 Å². The fourth-order valence-electron chi connectivity index (χ4n) is 4.26. The number of rotatable bonds is 5. The van der Waals surface area contributed by atoms with Gasteiger partial charge in [0.15, 0.2) is 0 Å². The van der Waals surface area contributed by atoms with E-state index in [2.05, 4.69) is 15.2 Å². The zero-order valence-corrected chi connectivity index (χ0v) is 18.9. The summed E-state index contributed by atoms with van der Waals surface area (Å²) in [6, 6.07) is 8.76. The topological polar surface area (TPSA) is 82.6 Å². The molecular formula is C22H27ClN4O3S. The number of nitrogens with one attached hydrogen (secondary N) is 1. The number of pyridine rings is 1. The third-order valence-electron chi connectivity index (χ3n) is 6.01. The van der Waals surface area contributed by atoms with Crippen molar-refractivity contribution >= 4 is 38.9 Å². The van der Waals surface area contributed by atoms with Gasteiger partial charge >= 0.3 is 0 Å². The average Bonchev–Trinajstić information content (AvgIpc) is 2.80. The molecule has 2 saturated heterocycles. The molecule has 0 unspecified atom stereocenters. The minimum atomic E-state index is -3.58. The fraction of sp³-hybridized carbons (Fsp3) is 0.455. The van der Waals surface area contributed by atoms with E-state index in [1.54, 1.807) is 24.4 Å². The molecule has 1 amide bonds. The van der Waals surface area contributed by atoms with Crippen LogP contribution in [0.15, 0.2) is 47.6 Å². The zero-order valence-electron chi connectivity index (χ0n) is 17.3. The van der Waals surface area contributed by atoms with Crippen LogP contribution < -0.4 is 10.2 Å². The van der Waals surface area contributed by atoms with Gasteiger partial charge in [-0.25, -0.2) is 8.42 Å². The van der Waals surface area contributed by atoms with Gasteiger partial charge in [0.25, 0.3) is 0 Å². The minimum absolute atomic E-state index is 0.0843. The number of hydrogen-bond donors (Lipinski definition) is 1. The molecule has 4 rings (SSSR count). The summed E-state index contributed by atoms with van der Waals surface area (Å²) in [7, 11) is -3.58. The molecule has 1 aromatic carbocycles. The van der Waals surface area contributed by atoms with Crippen molar-refractivity contribution in [3.05, 3.63) is 47.7 Å². The number of nitrogens with zero attached hydrogens (tertiary/aromatic N) is 3. The SMILES string of the molecule is O=C(Nc1cc(Cl)ccc1N1CCCCC1)C1CCN(S(=O)(=O)c2cccnc2)CC1. The van der Waals surface area contributed by atoms with Gasteiger partial charge < -0.3 is 10.2 Å². The van der Waals surface area contributed by atoms with E-state index in [1.165, 1.54) is 16.9 Å². The van der Waals surface area contributed by atoms with Crippen LogP contribution in [0.5, 0.6) is 0 Å². The van der Waals surface area contributed by atoms with Gasteiger partial charge in [0.1, 0.15) is 4.90 Å². The molecule has 1 N–H and O–H groups in total. The van der Waals surface area contributed by atoms with E-state index < -0.39 is 10.0 Å². The van der Waals surface area contributed by atoms with Crippen LogP contribution >= 0.6 is 11.6 Å². The molecule has 0 aliphatic carbocycles. The Morgan fingerprint density at radius 1 is 1.06 bits per heavy atom. The Kier molecular flexibility index (Phi) is 6.79. The maximum atomic E-state index is 13.0. The van der Waals surface area contributed by atoms with Gasteiger partial charge in [-0.15, -0.1) is 0 Å². The summed E-state index contributed by atoms with van der Waals surface area (Å²) in [5, 5.41) is 3.64. The van der Waals surface area contributed by atoms with Crippen molar-refractivity contribution in [1.29, 1.82) is 0 Å². The molecule has 2 aliphatic heterocycles. The largest absolute Gasteiger partial charge is 0.370 e. The monoisotopic (exact) mass is 462 g/mol. The Bertz CT molecular complexity index is 1020. The highest BCUT2D eigenvalue weighted by Crippen LogP contribution is 2.32. The lowest BCUT2D eigenvalue weighted by Gasteiger charge is -2.32. The first kappa shape index (κ1) is 22.0. The molecule has 0 radical (unpaired) electrons. The van der Waals surface area contributed by atoms with E-state index >= 15 is 0 Å². The predicted octanol–water partition coefficient (Wildman–Crippen LogP) is 3.76. The van der Waals surface area contributed by atoms with Crippen LogP contribution in [0, 0.1) is 5.92 Å². The van der Waals surface area contributed by atoms with Gasteiger partial charge in [0, 0.05) is 49.5 Å². The second-order valence-electron chi connectivity index (χ2n) is 8.07. The Hall–Kier alpha value is -2.16. The number of amides is 1. The maximum Gasteiger partial charge on any atom is 0.244 e. The van der Waals surface area contributed by atoms with Crippen molar-refractivity contribution in [3.8, 4) is 0 Å². The molecule has 1 aromatic heterocycles. The number of hydrogen-bond acceptors (Lipinski definition) is 5. The van der Waals surface area contributed by atoms with Crippen LogP contribution in [-0.4, -0.2) is 49.8 Å². The predicted molar refractivity (Wildman–Crippen MR) is 122 cm³/mol. The lowest BCUT2D eigenvalue weighted by Crippen LogP contribution is -2.41. The maximum absolute atomic E-state index is 13.0. The minimum Gasteiger partial charge on any atom is -0.370 e. The number of piperidine rings is 2. The van der Waals surface area contributed by atoms with Crippen LogP contribution in [0.4, 0.5) is 11.4 Å². The van der Waals surface area contributed by atoms with Gasteiger partial charge in [-0.05, 0) is 62.4 Å². The van der Waals surface area contributed by atoms with Gasteiger partial charge in [0.2, 0.25) is 15.9 Å². The Labute approximate surface area is 188 Å². The molecule has 166 valence electrons. The molecule has 3 heterocycles.